The summed E-state index contributed by atoms with van der Waals surface area (Å²) in [7, 11) is 3.21. The van der Waals surface area contributed by atoms with Crippen molar-refractivity contribution in [3.8, 4) is 23.6 Å². The van der Waals surface area contributed by atoms with E-state index in [1.165, 1.54) is 0 Å². The maximum Gasteiger partial charge on any atom is 0.248 e. The van der Waals surface area contributed by atoms with Gasteiger partial charge in [-0.15, -0.1) is 0 Å². The summed E-state index contributed by atoms with van der Waals surface area (Å²) < 4.78 is 16.4. The molecule has 0 unspecified atom stereocenters. The van der Waals surface area contributed by atoms with Gasteiger partial charge in [0.25, 0.3) is 0 Å². The SMILES string of the molecule is COc1ccc([C@H]2OC(C#N)(C#N)[C@H](c3ccc(OC)cc3)[C@@H]2C)cc1. The minimum Gasteiger partial charge on any atom is -0.497 e. The Morgan fingerprint density at radius 2 is 1.31 bits per heavy atom. The summed E-state index contributed by atoms with van der Waals surface area (Å²) in [5, 5.41) is 19.5. The van der Waals surface area contributed by atoms with Gasteiger partial charge in [0.05, 0.1) is 20.3 Å². The molecule has 2 aromatic carbocycles. The zero-order chi connectivity index (χ0) is 18.7. The summed E-state index contributed by atoms with van der Waals surface area (Å²) in [5.41, 5.74) is 0.278. The van der Waals surface area contributed by atoms with Gasteiger partial charge in [-0.2, -0.15) is 10.5 Å². The number of methoxy groups -OCH3 is 2. The minimum absolute atomic E-state index is 0.0592. The molecule has 1 fully saturated rings. The van der Waals surface area contributed by atoms with Crippen LogP contribution in [0, 0.1) is 28.6 Å². The second kappa shape index (κ2) is 7.07. The van der Waals surface area contributed by atoms with Gasteiger partial charge in [-0.3, -0.25) is 0 Å². The van der Waals surface area contributed by atoms with Gasteiger partial charge in [-0.25, -0.2) is 0 Å². The third-order valence-electron chi connectivity index (χ3n) is 5.01. The number of nitrogens with zero attached hydrogens (tertiary/aromatic N) is 2. The molecule has 1 aliphatic heterocycles. The molecule has 26 heavy (non-hydrogen) atoms. The standard InChI is InChI=1S/C21H20N2O3/c1-14-19(15-4-8-17(24-2)9-5-15)21(12-22,13-23)26-20(14)16-6-10-18(25-3)11-7-16/h4-11,14,19-20H,1-3H3/t14-,19-,20-/m0/s1. The minimum atomic E-state index is -1.53. The molecule has 132 valence electrons. The summed E-state index contributed by atoms with van der Waals surface area (Å²) in [6, 6.07) is 19.2. The van der Waals surface area contributed by atoms with Gasteiger partial charge in [0.15, 0.2) is 0 Å². The Labute approximate surface area is 153 Å². The van der Waals surface area contributed by atoms with E-state index in [0.29, 0.717) is 0 Å². The lowest BCUT2D eigenvalue weighted by Crippen LogP contribution is -2.31. The van der Waals surface area contributed by atoms with Crippen LogP contribution in [0.5, 0.6) is 11.5 Å². The third kappa shape index (κ3) is 2.87. The largest absolute Gasteiger partial charge is 0.497 e. The van der Waals surface area contributed by atoms with Crippen molar-refractivity contribution in [1.82, 2.24) is 0 Å². The van der Waals surface area contributed by atoms with E-state index in [4.69, 9.17) is 14.2 Å². The lowest BCUT2D eigenvalue weighted by Gasteiger charge is -2.22. The van der Waals surface area contributed by atoms with E-state index in [9.17, 15) is 10.5 Å². The van der Waals surface area contributed by atoms with E-state index in [1.54, 1.807) is 14.2 Å². The fourth-order valence-electron chi connectivity index (χ4n) is 3.66. The van der Waals surface area contributed by atoms with Gasteiger partial charge >= 0.3 is 0 Å². The lowest BCUT2D eigenvalue weighted by atomic mass is 9.76. The molecule has 1 saturated heterocycles. The molecule has 2 aromatic rings. The molecule has 0 radical (unpaired) electrons. The number of nitriles is 2. The van der Waals surface area contributed by atoms with Crippen LogP contribution in [0.4, 0.5) is 0 Å². The molecule has 1 aliphatic rings. The highest BCUT2D eigenvalue weighted by Gasteiger charge is 2.55. The van der Waals surface area contributed by atoms with Crippen LogP contribution in [0.2, 0.25) is 0 Å². The van der Waals surface area contributed by atoms with Crippen LogP contribution in [-0.2, 0) is 4.74 Å². The Morgan fingerprint density at radius 1 is 0.846 bits per heavy atom. The van der Waals surface area contributed by atoms with Crippen molar-refractivity contribution >= 4 is 0 Å². The summed E-state index contributed by atoms with van der Waals surface area (Å²) in [6.45, 7) is 2.01. The Bertz CT molecular complexity index is 833. The van der Waals surface area contributed by atoms with E-state index in [0.717, 1.165) is 22.6 Å². The summed E-state index contributed by atoms with van der Waals surface area (Å²) in [5.74, 6) is 1.05. The number of benzene rings is 2. The topological polar surface area (TPSA) is 75.3 Å². The maximum absolute atomic E-state index is 9.77. The molecule has 0 spiro atoms. The molecule has 5 nitrogen and oxygen atoms in total. The van der Waals surface area contributed by atoms with Crippen LogP contribution in [-0.4, -0.2) is 19.8 Å². The lowest BCUT2D eigenvalue weighted by molar-refractivity contribution is 0.0213. The normalized spacial score (nSPS) is 23.7. The van der Waals surface area contributed by atoms with Gasteiger partial charge in [-0.1, -0.05) is 31.2 Å². The van der Waals surface area contributed by atoms with Gasteiger partial charge in [0.1, 0.15) is 23.6 Å². The van der Waals surface area contributed by atoms with Crippen LogP contribution in [0.25, 0.3) is 0 Å². The first-order valence-electron chi connectivity index (χ1n) is 8.36. The van der Waals surface area contributed by atoms with E-state index in [-0.39, 0.29) is 17.9 Å². The van der Waals surface area contributed by atoms with Crippen LogP contribution in [0.3, 0.4) is 0 Å². The average Bonchev–Trinajstić information content (AvgIpc) is 3.01. The number of hydrogen-bond acceptors (Lipinski definition) is 5. The van der Waals surface area contributed by atoms with E-state index >= 15 is 0 Å². The molecule has 0 aromatic heterocycles. The van der Waals surface area contributed by atoms with Crippen molar-refractivity contribution in [3.63, 3.8) is 0 Å². The molecule has 0 amide bonds. The van der Waals surface area contributed by atoms with Gasteiger partial charge < -0.3 is 14.2 Å². The first kappa shape index (κ1) is 17.8. The number of rotatable bonds is 4. The molecule has 0 saturated carbocycles. The molecule has 1 heterocycles. The van der Waals surface area contributed by atoms with Crippen LogP contribution in [0.15, 0.2) is 48.5 Å². The highest BCUT2D eigenvalue weighted by molar-refractivity contribution is 5.41. The second-order valence-corrected chi connectivity index (χ2v) is 6.38. The average molecular weight is 348 g/mol. The molecule has 3 rings (SSSR count). The summed E-state index contributed by atoms with van der Waals surface area (Å²) >= 11 is 0. The van der Waals surface area contributed by atoms with Gasteiger partial charge in [0.2, 0.25) is 5.60 Å². The molecule has 0 bridgehead atoms. The van der Waals surface area contributed by atoms with Crippen molar-refractivity contribution in [2.75, 3.05) is 14.2 Å². The fraction of sp³-hybridized carbons (Fsp3) is 0.333. The van der Waals surface area contributed by atoms with Crippen molar-refractivity contribution in [3.05, 3.63) is 59.7 Å². The van der Waals surface area contributed by atoms with Gasteiger partial charge in [0, 0.05) is 5.92 Å². The van der Waals surface area contributed by atoms with Crippen LogP contribution in [0.1, 0.15) is 30.1 Å². The molecule has 5 heteroatoms. The molecule has 0 N–H and O–H groups in total. The highest BCUT2D eigenvalue weighted by atomic mass is 16.5. The zero-order valence-corrected chi connectivity index (χ0v) is 15.0. The Morgan fingerprint density at radius 3 is 1.73 bits per heavy atom. The van der Waals surface area contributed by atoms with Crippen molar-refractivity contribution < 1.29 is 14.2 Å². The monoisotopic (exact) mass is 348 g/mol. The zero-order valence-electron chi connectivity index (χ0n) is 15.0. The maximum atomic E-state index is 9.77. The number of ether oxygens (including phenoxy) is 3. The second-order valence-electron chi connectivity index (χ2n) is 6.38. The fourth-order valence-corrected chi connectivity index (χ4v) is 3.66. The molecule has 0 aliphatic carbocycles. The summed E-state index contributed by atoms with van der Waals surface area (Å²) in [6.07, 6.45) is -0.354. The number of hydrogen-bond donors (Lipinski definition) is 0. The van der Waals surface area contributed by atoms with Crippen LogP contribution < -0.4 is 9.47 Å². The van der Waals surface area contributed by atoms with Crippen molar-refractivity contribution in [1.29, 1.82) is 10.5 Å². The predicted octanol–water partition coefficient (Wildman–Crippen LogP) is 3.98. The summed E-state index contributed by atoms with van der Waals surface area (Å²) in [4.78, 5) is 0. The quantitative estimate of drug-likeness (QED) is 0.835. The Kier molecular flexibility index (Phi) is 4.84. The van der Waals surface area contributed by atoms with Crippen molar-refractivity contribution in [2.24, 2.45) is 5.92 Å². The van der Waals surface area contributed by atoms with Crippen LogP contribution >= 0.6 is 0 Å². The van der Waals surface area contributed by atoms with E-state index in [1.807, 2.05) is 55.5 Å². The smallest absolute Gasteiger partial charge is 0.248 e. The Hall–Kier alpha value is -3.02. The molecular weight excluding hydrogens is 328 g/mol. The first-order valence-corrected chi connectivity index (χ1v) is 8.36. The van der Waals surface area contributed by atoms with E-state index in [2.05, 4.69) is 12.1 Å². The molecule has 3 atom stereocenters. The Balaban J connectivity index is 2.01. The molecular formula is C21H20N2O3. The van der Waals surface area contributed by atoms with E-state index < -0.39 is 5.60 Å². The third-order valence-corrected chi connectivity index (χ3v) is 5.01. The first-order chi connectivity index (χ1) is 12.6. The highest BCUT2D eigenvalue weighted by Crippen LogP contribution is 2.53. The van der Waals surface area contributed by atoms with Gasteiger partial charge in [-0.05, 0) is 41.3 Å². The van der Waals surface area contributed by atoms with Crippen molar-refractivity contribution in [2.45, 2.75) is 24.5 Å². The predicted molar refractivity (Wildman–Crippen MR) is 95.7 cm³/mol.